The van der Waals surface area contributed by atoms with Crippen LogP contribution in [0, 0.1) is 5.92 Å². The van der Waals surface area contributed by atoms with Crippen LogP contribution in [-0.4, -0.2) is 17.7 Å². The van der Waals surface area contributed by atoms with Gasteiger partial charge in [-0.15, -0.1) is 24.2 Å². The smallest absolute Gasteiger partial charge is 0.229 e. The molecule has 1 aromatic rings. The van der Waals surface area contributed by atoms with Gasteiger partial charge in [0.25, 0.3) is 0 Å². The summed E-state index contributed by atoms with van der Waals surface area (Å²) in [6.45, 7) is 1.99. The molecule has 0 spiro atoms. The summed E-state index contributed by atoms with van der Waals surface area (Å²) >= 11 is 1.67. The first kappa shape index (κ1) is 17.3. The van der Waals surface area contributed by atoms with Gasteiger partial charge in [0, 0.05) is 16.1 Å². The maximum atomic E-state index is 12.4. The van der Waals surface area contributed by atoms with Gasteiger partial charge in [0.1, 0.15) is 0 Å². The molecule has 3 nitrogen and oxygen atoms in total. The van der Waals surface area contributed by atoms with Gasteiger partial charge >= 0.3 is 0 Å². The molecule has 0 saturated heterocycles. The SMILES string of the molecule is CSc1cccc(NC(=O)C2CCCCC2(C)N)c1.Cl. The van der Waals surface area contributed by atoms with E-state index in [0.717, 1.165) is 36.3 Å². The fourth-order valence-electron chi connectivity index (χ4n) is 2.72. The molecule has 112 valence electrons. The number of carbonyl (C=O) groups excluding carboxylic acids is 1. The van der Waals surface area contributed by atoms with E-state index in [2.05, 4.69) is 5.32 Å². The van der Waals surface area contributed by atoms with Crippen LogP contribution in [0.1, 0.15) is 32.6 Å². The highest BCUT2D eigenvalue weighted by molar-refractivity contribution is 7.98. The summed E-state index contributed by atoms with van der Waals surface area (Å²) in [5, 5.41) is 3.01. The normalized spacial score (nSPS) is 25.6. The lowest BCUT2D eigenvalue weighted by Crippen LogP contribution is -2.51. The largest absolute Gasteiger partial charge is 0.326 e. The number of nitrogens with two attached hydrogens (primary N) is 1. The summed E-state index contributed by atoms with van der Waals surface area (Å²) in [5.74, 6) is -0.0258. The molecule has 1 aliphatic rings. The Morgan fingerprint density at radius 1 is 1.45 bits per heavy atom. The fourth-order valence-corrected chi connectivity index (χ4v) is 3.18. The molecule has 1 amide bonds. The molecule has 0 aromatic heterocycles. The van der Waals surface area contributed by atoms with E-state index in [9.17, 15) is 4.79 Å². The van der Waals surface area contributed by atoms with Crippen molar-refractivity contribution in [2.75, 3.05) is 11.6 Å². The minimum absolute atomic E-state index is 0. The van der Waals surface area contributed by atoms with E-state index in [1.165, 1.54) is 0 Å². The number of nitrogens with one attached hydrogen (secondary N) is 1. The average molecular weight is 315 g/mol. The van der Waals surface area contributed by atoms with Crippen LogP contribution in [-0.2, 0) is 4.79 Å². The molecular weight excluding hydrogens is 292 g/mol. The van der Waals surface area contributed by atoms with Crippen LogP contribution in [0.5, 0.6) is 0 Å². The van der Waals surface area contributed by atoms with Crippen LogP contribution in [0.15, 0.2) is 29.2 Å². The maximum Gasteiger partial charge on any atom is 0.229 e. The van der Waals surface area contributed by atoms with Gasteiger partial charge in [-0.2, -0.15) is 0 Å². The first-order valence-electron chi connectivity index (χ1n) is 6.77. The Kier molecular flexibility index (Phi) is 6.37. The minimum atomic E-state index is -0.376. The Morgan fingerprint density at radius 3 is 2.85 bits per heavy atom. The van der Waals surface area contributed by atoms with Gasteiger partial charge in [-0.1, -0.05) is 18.9 Å². The zero-order valence-electron chi connectivity index (χ0n) is 12.0. The Labute approximate surface area is 131 Å². The third-order valence-corrected chi connectivity index (χ3v) is 4.63. The second kappa shape index (κ2) is 7.34. The number of thioether (sulfide) groups is 1. The molecule has 2 atom stereocenters. The Bertz CT molecular complexity index is 465. The Balaban J connectivity index is 0.00000200. The van der Waals surface area contributed by atoms with Gasteiger partial charge in [-0.3, -0.25) is 4.79 Å². The van der Waals surface area contributed by atoms with Crippen molar-refractivity contribution < 1.29 is 4.79 Å². The van der Waals surface area contributed by atoms with Crippen molar-refractivity contribution in [2.45, 2.75) is 43.0 Å². The number of anilines is 1. The summed E-state index contributed by atoms with van der Waals surface area (Å²) < 4.78 is 0. The lowest BCUT2D eigenvalue weighted by molar-refractivity contribution is -0.122. The number of hydrogen-bond donors (Lipinski definition) is 2. The summed E-state index contributed by atoms with van der Waals surface area (Å²) in [6, 6.07) is 7.92. The van der Waals surface area contributed by atoms with Gasteiger partial charge in [0.05, 0.1) is 5.92 Å². The zero-order chi connectivity index (χ0) is 13.9. The second-order valence-electron chi connectivity index (χ2n) is 5.53. The highest BCUT2D eigenvalue weighted by Crippen LogP contribution is 2.32. The quantitative estimate of drug-likeness (QED) is 0.837. The molecule has 0 bridgehead atoms. The Hall–Kier alpha value is -0.710. The standard InChI is InChI=1S/C15H22N2OS.ClH/c1-15(16)9-4-3-8-13(15)14(18)17-11-6-5-7-12(10-11)19-2;/h5-7,10,13H,3-4,8-9,16H2,1-2H3,(H,17,18);1H. The van der Waals surface area contributed by atoms with E-state index in [1.54, 1.807) is 11.8 Å². The van der Waals surface area contributed by atoms with E-state index < -0.39 is 0 Å². The van der Waals surface area contributed by atoms with Crippen LogP contribution < -0.4 is 11.1 Å². The molecule has 0 radical (unpaired) electrons. The van der Waals surface area contributed by atoms with Crippen LogP contribution in [0.3, 0.4) is 0 Å². The van der Waals surface area contributed by atoms with Crippen LogP contribution in [0.4, 0.5) is 5.69 Å². The lowest BCUT2D eigenvalue weighted by atomic mass is 9.74. The van der Waals surface area contributed by atoms with Crippen molar-refractivity contribution >= 4 is 35.8 Å². The van der Waals surface area contributed by atoms with E-state index in [4.69, 9.17) is 5.73 Å². The van der Waals surface area contributed by atoms with E-state index >= 15 is 0 Å². The van der Waals surface area contributed by atoms with Crippen LogP contribution in [0.2, 0.25) is 0 Å². The molecule has 1 fully saturated rings. The number of benzene rings is 1. The van der Waals surface area contributed by atoms with Crippen molar-refractivity contribution in [3.05, 3.63) is 24.3 Å². The van der Waals surface area contributed by atoms with Crippen molar-refractivity contribution in [1.82, 2.24) is 0 Å². The summed E-state index contributed by atoms with van der Waals surface area (Å²) in [4.78, 5) is 13.5. The molecule has 20 heavy (non-hydrogen) atoms. The topological polar surface area (TPSA) is 55.1 Å². The first-order valence-corrected chi connectivity index (χ1v) is 7.99. The van der Waals surface area contributed by atoms with Crippen LogP contribution >= 0.6 is 24.2 Å². The van der Waals surface area contributed by atoms with Crippen molar-refractivity contribution in [2.24, 2.45) is 11.7 Å². The molecule has 0 aliphatic heterocycles. The zero-order valence-corrected chi connectivity index (χ0v) is 13.7. The van der Waals surface area contributed by atoms with E-state index in [-0.39, 0.29) is 29.8 Å². The highest BCUT2D eigenvalue weighted by atomic mass is 35.5. The van der Waals surface area contributed by atoms with Crippen molar-refractivity contribution in [3.8, 4) is 0 Å². The summed E-state index contributed by atoms with van der Waals surface area (Å²) in [7, 11) is 0. The summed E-state index contributed by atoms with van der Waals surface area (Å²) in [5.41, 5.74) is 6.75. The molecule has 1 aromatic carbocycles. The number of carbonyl (C=O) groups is 1. The Morgan fingerprint density at radius 2 is 2.20 bits per heavy atom. The van der Waals surface area contributed by atoms with Gasteiger partial charge in [0.2, 0.25) is 5.91 Å². The molecule has 2 unspecified atom stereocenters. The molecule has 1 saturated carbocycles. The number of hydrogen-bond acceptors (Lipinski definition) is 3. The van der Waals surface area contributed by atoms with Gasteiger partial charge in [-0.05, 0) is 44.2 Å². The van der Waals surface area contributed by atoms with Gasteiger partial charge in [-0.25, -0.2) is 0 Å². The molecule has 1 aliphatic carbocycles. The lowest BCUT2D eigenvalue weighted by Gasteiger charge is -2.37. The number of amides is 1. The summed E-state index contributed by atoms with van der Waals surface area (Å²) in [6.07, 6.45) is 6.06. The second-order valence-corrected chi connectivity index (χ2v) is 6.41. The molecule has 3 N–H and O–H groups in total. The monoisotopic (exact) mass is 314 g/mol. The van der Waals surface area contributed by atoms with Gasteiger partial charge in [0.15, 0.2) is 0 Å². The highest BCUT2D eigenvalue weighted by Gasteiger charge is 2.37. The van der Waals surface area contributed by atoms with Crippen molar-refractivity contribution in [3.63, 3.8) is 0 Å². The fraction of sp³-hybridized carbons (Fsp3) is 0.533. The minimum Gasteiger partial charge on any atom is -0.326 e. The molecular formula is C15H23ClN2OS. The predicted molar refractivity (Wildman–Crippen MR) is 88.7 cm³/mol. The molecule has 5 heteroatoms. The molecule has 2 rings (SSSR count). The van der Waals surface area contributed by atoms with Crippen LogP contribution in [0.25, 0.3) is 0 Å². The maximum absolute atomic E-state index is 12.4. The third kappa shape index (κ3) is 4.14. The molecule has 0 heterocycles. The predicted octanol–water partition coefficient (Wildman–Crippen LogP) is 3.68. The average Bonchev–Trinajstić information content (AvgIpc) is 2.38. The van der Waals surface area contributed by atoms with E-state index in [0.29, 0.717) is 0 Å². The number of rotatable bonds is 3. The van der Waals surface area contributed by atoms with Crippen molar-refractivity contribution in [1.29, 1.82) is 0 Å². The third-order valence-electron chi connectivity index (χ3n) is 3.91. The first-order chi connectivity index (χ1) is 9.03. The number of halogens is 1. The van der Waals surface area contributed by atoms with Gasteiger partial charge < -0.3 is 11.1 Å². The van der Waals surface area contributed by atoms with E-state index in [1.807, 2.05) is 37.4 Å².